The zero-order valence-electron chi connectivity index (χ0n) is 29.9. The molecule has 9 rings (SSSR count). The lowest BCUT2D eigenvalue weighted by molar-refractivity contribution is 0.306. The summed E-state index contributed by atoms with van der Waals surface area (Å²) in [4.78, 5) is 0. The molecule has 1 aliphatic heterocycles. The Morgan fingerprint density at radius 3 is 1.44 bits per heavy atom. The van der Waals surface area contributed by atoms with Gasteiger partial charge < -0.3 is 14.2 Å². The SMILES string of the molecule is C=Cc1ccc(COc2ccc3c4c(ccc3c2)Oc2ccc3cc(OCc5ccc(C=C)cc5)ccc3c2C4c2ccc(-c3ccccc3)cc2)cc1. The zero-order chi connectivity index (χ0) is 36.4. The quantitative estimate of drug-likeness (QED) is 0.142. The van der Waals surface area contributed by atoms with E-state index in [2.05, 4.69) is 177 Å². The Bertz CT molecular complexity index is 2490. The van der Waals surface area contributed by atoms with Crippen LogP contribution in [-0.2, 0) is 13.2 Å². The number of fused-ring (bicyclic) bond motifs is 6. The predicted molar refractivity (Wildman–Crippen MR) is 223 cm³/mol. The Kier molecular flexibility index (Phi) is 8.74. The smallest absolute Gasteiger partial charge is 0.132 e. The molecule has 0 unspecified atom stereocenters. The monoisotopic (exact) mass is 698 g/mol. The van der Waals surface area contributed by atoms with Gasteiger partial charge in [-0.05, 0) is 96.9 Å². The number of benzene rings is 8. The van der Waals surface area contributed by atoms with Crippen LogP contribution in [0.4, 0.5) is 0 Å². The van der Waals surface area contributed by atoms with Gasteiger partial charge in [0, 0.05) is 17.0 Å². The normalized spacial score (nSPS) is 12.1. The van der Waals surface area contributed by atoms with Gasteiger partial charge in [-0.15, -0.1) is 0 Å². The minimum absolute atomic E-state index is 0.0775. The lowest BCUT2D eigenvalue weighted by Crippen LogP contribution is -2.13. The highest BCUT2D eigenvalue weighted by atomic mass is 16.5. The molecule has 3 heteroatoms. The molecule has 8 aromatic carbocycles. The highest BCUT2D eigenvalue weighted by Gasteiger charge is 2.32. The van der Waals surface area contributed by atoms with Crippen molar-refractivity contribution in [2.24, 2.45) is 0 Å². The molecular formula is C51H38O3. The van der Waals surface area contributed by atoms with E-state index in [9.17, 15) is 0 Å². The standard InChI is InChI=1S/C51H38O3/c1-3-34-10-14-36(15-11-34)32-52-43-24-26-45-41(30-43)22-28-47-50(45)49(40-20-18-39(19-21-40)38-8-6-5-7-9-38)51-46-27-25-44(31-42(46)23-29-48(51)54-47)53-33-37-16-12-35(4-2)13-17-37/h3-31,49H,1-2,32-33H2. The molecule has 0 saturated carbocycles. The van der Waals surface area contributed by atoms with Crippen molar-refractivity contribution in [2.45, 2.75) is 19.1 Å². The van der Waals surface area contributed by atoms with Crippen LogP contribution in [0.5, 0.6) is 23.0 Å². The van der Waals surface area contributed by atoms with Gasteiger partial charge in [-0.2, -0.15) is 0 Å². The lowest BCUT2D eigenvalue weighted by Gasteiger charge is -2.31. The van der Waals surface area contributed by atoms with Gasteiger partial charge in [0.1, 0.15) is 36.2 Å². The fourth-order valence-electron chi connectivity index (χ4n) is 7.50. The van der Waals surface area contributed by atoms with Crippen LogP contribution >= 0.6 is 0 Å². The third-order valence-electron chi connectivity index (χ3n) is 10.4. The van der Waals surface area contributed by atoms with Crippen LogP contribution < -0.4 is 14.2 Å². The summed E-state index contributed by atoms with van der Waals surface area (Å²) in [6.45, 7) is 8.69. The van der Waals surface area contributed by atoms with E-state index in [1.165, 1.54) is 16.7 Å². The second-order valence-electron chi connectivity index (χ2n) is 13.7. The predicted octanol–water partition coefficient (Wildman–Crippen LogP) is 13.4. The topological polar surface area (TPSA) is 27.7 Å². The summed E-state index contributed by atoms with van der Waals surface area (Å²) >= 11 is 0. The third kappa shape index (κ3) is 6.42. The van der Waals surface area contributed by atoms with Gasteiger partial charge in [0.15, 0.2) is 0 Å². The van der Waals surface area contributed by atoms with Crippen molar-refractivity contribution in [1.29, 1.82) is 0 Å². The maximum Gasteiger partial charge on any atom is 0.132 e. The second-order valence-corrected chi connectivity index (χ2v) is 13.7. The molecule has 1 aliphatic rings. The summed E-state index contributed by atoms with van der Waals surface area (Å²) in [6, 6.07) is 57.4. The molecular weight excluding hydrogens is 661 g/mol. The van der Waals surface area contributed by atoms with Crippen molar-refractivity contribution in [3.63, 3.8) is 0 Å². The van der Waals surface area contributed by atoms with Crippen LogP contribution in [0.25, 0.3) is 44.8 Å². The largest absolute Gasteiger partial charge is 0.489 e. The maximum atomic E-state index is 6.77. The molecule has 0 amide bonds. The summed E-state index contributed by atoms with van der Waals surface area (Å²) in [5.74, 6) is 3.30. The molecule has 260 valence electrons. The van der Waals surface area contributed by atoms with Crippen LogP contribution in [0, 0.1) is 0 Å². The molecule has 0 N–H and O–H groups in total. The zero-order valence-corrected chi connectivity index (χ0v) is 29.9. The van der Waals surface area contributed by atoms with E-state index in [1.54, 1.807) is 0 Å². The molecule has 0 aliphatic carbocycles. The Balaban J connectivity index is 1.11. The summed E-state index contributed by atoms with van der Waals surface area (Å²) in [5.41, 5.74) is 10.3. The van der Waals surface area contributed by atoms with Crippen LogP contribution in [0.1, 0.15) is 44.9 Å². The van der Waals surface area contributed by atoms with Crippen LogP contribution in [0.15, 0.2) is 177 Å². The fraction of sp³-hybridized carbons (Fsp3) is 0.0588. The first-order valence-electron chi connectivity index (χ1n) is 18.3. The molecule has 0 atom stereocenters. The second kappa shape index (κ2) is 14.3. The highest BCUT2D eigenvalue weighted by Crippen LogP contribution is 2.52. The van der Waals surface area contributed by atoms with Gasteiger partial charge in [-0.3, -0.25) is 0 Å². The van der Waals surface area contributed by atoms with Crippen molar-refractivity contribution in [3.8, 4) is 34.1 Å². The Morgan fingerprint density at radius 2 is 0.963 bits per heavy atom. The average molecular weight is 699 g/mol. The van der Waals surface area contributed by atoms with Gasteiger partial charge in [0.05, 0.1) is 0 Å². The Hall–Kier alpha value is -6.84. The third-order valence-corrected chi connectivity index (χ3v) is 10.4. The molecule has 0 spiro atoms. The first kappa shape index (κ1) is 33.0. The van der Waals surface area contributed by atoms with E-state index >= 15 is 0 Å². The van der Waals surface area contributed by atoms with Crippen molar-refractivity contribution in [3.05, 3.63) is 216 Å². The number of hydrogen-bond acceptors (Lipinski definition) is 3. The highest BCUT2D eigenvalue weighted by molar-refractivity contribution is 5.96. The molecule has 54 heavy (non-hydrogen) atoms. The molecule has 0 bridgehead atoms. The molecule has 3 nitrogen and oxygen atoms in total. The number of hydrogen-bond donors (Lipinski definition) is 0. The van der Waals surface area contributed by atoms with Crippen molar-refractivity contribution in [2.75, 3.05) is 0 Å². The van der Waals surface area contributed by atoms with E-state index in [4.69, 9.17) is 14.2 Å². The van der Waals surface area contributed by atoms with Crippen molar-refractivity contribution < 1.29 is 14.2 Å². The van der Waals surface area contributed by atoms with Crippen LogP contribution in [-0.4, -0.2) is 0 Å². The van der Waals surface area contributed by atoms with Gasteiger partial charge in [-0.1, -0.05) is 153 Å². The van der Waals surface area contributed by atoms with Crippen LogP contribution in [0.3, 0.4) is 0 Å². The van der Waals surface area contributed by atoms with Crippen molar-refractivity contribution in [1.82, 2.24) is 0 Å². The summed E-state index contributed by atoms with van der Waals surface area (Å²) < 4.78 is 19.4. The first-order chi connectivity index (χ1) is 26.6. The van der Waals surface area contributed by atoms with Gasteiger partial charge >= 0.3 is 0 Å². The van der Waals surface area contributed by atoms with Gasteiger partial charge in [0.25, 0.3) is 0 Å². The van der Waals surface area contributed by atoms with E-state index in [-0.39, 0.29) is 5.92 Å². The van der Waals surface area contributed by atoms with E-state index in [0.717, 1.165) is 77.9 Å². The fourth-order valence-corrected chi connectivity index (χ4v) is 7.50. The minimum Gasteiger partial charge on any atom is -0.489 e. The summed E-state index contributed by atoms with van der Waals surface area (Å²) in [6.07, 6.45) is 3.70. The Morgan fingerprint density at radius 1 is 0.481 bits per heavy atom. The molecule has 1 heterocycles. The molecule has 0 fully saturated rings. The first-order valence-corrected chi connectivity index (χ1v) is 18.3. The Labute approximate surface area is 316 Å². The lowest BCUT2D eigenvalue weighted by atomic mass is 9.78. The average Bonchev–Trinajstić information content (AvgIpc) is 3.24. The minimum atomic E-state index is -0.0775. The molecule has 0 aromatic heterocycles. The summed E-state index contributed by atoms with van der Waals surface area (Å²) in [7, 11) is 0. The van der Waals surface area contributed by atoms with E-state index < -0.39 is 0 Å². The van der Waals surface area contributed by atoms with Gasteiger partial charge in [-0.25, -0.2) is 0 Å². The molecule has 0 saturated heterocycles. The van der Waals surface area contributed by atoms with Crippen LogP contribution in [0.2, 0.25) is 0 Å². The van der Waals surface area contributed by atoms with Gasteiger partial charge in [0.2, 0.25) is 0 Å². The van der Waals surface area contributed by atoms with E-state index in [0.29, 0.717) is 13.2 Å². The number of ether oxygens (including phenoxy) is 3. The molecule has 0 radical (unpaired) electrons. The number of rotatable bonds is 10. The summed E-state index contributed by atoms with van der Waals surface area (Å²) in [5, 5.41) is 4.47. The maximum absolute atomic E-state index is 6.77. The van der Waals surface area contributed by atoms with Crippen molar-refractivity contribution >= 4 is 33.7 Å². The van der Waals surface area contributed by atoms with E-state index in [1.807, 2.05) is 12.2 Å². The molecule has 8 aromatic rings.